The summed E-state index contributed by atoms with van der Waals surface area (Å²) in [5, 5.41) is 0. The predicted octanol–water partition coefficient (Wildman–Crippen LogP) is 7.81. The maximum atomic E-state index is 5.61. The lowest BCUT2D eigenvalue weighted by Gasteiger charge is -2.13. The Hall–Kier alpha value is -0.340. The Morgan fingerprint density at radius 2 is 1.00 bits per heavy atom. The molecule has 0 aromatic rings. The van der Waals surface area contributed by atoms with E-state index in [1.807, 2.05) is 6.92 Å². The van der Waals surface area contributed by atoms with E-state index in [0.29, 0.717) is 6.61 Å². The van der Waals surface area contributed by atoms with Gasteiger partial charge < -0.3 is 9.47 Å². The summed E-state index contributed by atoms with van der Waals surface area (Å²) in [4.78, 5) is 0. The zero-order chi connectivity index (χ0) is 18.4. The molecular weight excluding hydrogens is 308 g/mol. The molecule has 0 aliphatic rings. The van der Waals surface area contributed by atoms with Gasteiger partial charge in [-0.15, -0.1) is 0 Å². The predicted molar refractivity (Wildman–Crippen MR) is 111 cm³/mol. The summed E-state index contributed by atoms with van der Waals surface area (Å²) >= 11 is 0. The minimum atomic E-state index is -0.221. The molecule has 150 valence electrons. The highest BCUT2D eigenvalue weighted by Crippen LogP contribution is 2.13. The Kier molecular flexibility index (Phi) is 21.4. The van der Waals surface area contributed by atoms with Crippen LogP contribution >= 0.6 is 0 Å². The van der Waals surface area contributed by atoms with Crippen molar-refractivity contribution in [1.29, 1.82) is 0 Å². The molecule has 0 aliphatic carbocycles. The average Bonchev–Trinajstić information content (AvgIpc) is 2.63. The van der Waals surface area contributed by atoms with E-state index < -0.39 is 0 Å². The topological polar surface area (TPSA) is 18.5 Å². The summed E-state index contributed by atoms with van der Waals surface area (Å²) < 4.78 is 11.0. The molecule has 0 aromatic heterocycles. The molecule has 0 amide bonds. The van der Waals surface area contributed by atoms with Crippen LogP contribution in [0.1, 0.15) is 117 Å². The maximum absolute atomic E-state index is 5.61. The molecule has 0 radical (unpaired) electrons. The summed E-state index contributed by atoms with van der Waals surface area (Å²) in [7, 11) is 0. The van der Waals surface area contributed by atoms with Crippen molar-refractivity contribution in [3.8, 4) is 0 Å². The Labute approximate surface area is 158 Å². The number of hydrogen-bond acceptors (Lipinski definition) is 2. The van der Waals surface area contributed by atoms with E-state index in [2.05, 4.69) is 13.5 Å². The van der Waals surface area contributed by atoms with Gasteiger partial charge in [-0.3, -0.25) is 0 Å². The van der Waals surface area contributed by atoms with Gasteiger partial charge in [-0.25, -0.2) is 0 Å². The van der Waals surface area contributed by atoms with Crippen LogP contribution in [0.25, 0.3) is 0 Å². The molecule has 2 heteroatoms. The van der Waals surface area contributed by atoms with Crippen LogP contribution in [0.15, 0.2) is 12.7 Å². The third kappa shape index (κ3) is 19.8. The van der Waals surface area contributed by atoms with Crippen LogP contribution in [0.4, 0.5) is 0 Å². The monoisotopic (exact) mass is 354 g/mol. The lowest BCUT2D eigenvalue weighted by atomic mass is 10.0. The third-order valence-electron chi connectivity index (χ3n) is 4.80. The van der Waals surface area contributed by atoms with Crippen molar-refractivity contribution in [2.75, 3.05) is 13.2 Å². The van der Waals surface area contributed by atoms with Gasteiger partial charge in [-0.1, -0.05) is 110 Å². The lowest BCUT2D eigenvalue weighted by Crippen LogP contribution is -2.14. The number of unbranched alkanes of at least 4 members (excludes halogenated alkanes) is 15. The minimum Gasteiger partial charge on any atom is -0.349 e. The zero-order valence-corrected chi connectivity index (χ0v) is 17.4. The highest BCUT2D eigenvalue weighted by atomic mass is 16.7. The van der Waals surface area contributed by atoms with Crippen LogP contribution in [0.2, 0.25) is 0 Å². The first kappa shape index (κ1) is 24.7. The molecule has 2 nitrogen and oxygen atoms in total. The van der Waals surface area contributed by atoms with Crippen LogP contribution in [0.5, 0.6) is 0 Å². The van der Waals surface area contributed by atoms with E-state index in [1.54, 1.807) is 6.08 Å². The molecule has 0 saturated carbocycles. The number of rotatable bonds is 21. The van der Waals surface area contributed by atoms with Crippen molar-refractivity contribution in [2.24, 2.45) is 0 Å². The van der Waals surface area contributed by atoms with Crippen LogP contribution in [0, 0.1) is 0 Å². The third-order valence-corrected chi connectivity index (χ3v) is 4.80. The molecule has 25 heavy (non-hydrogen) atoms. The Bertz CT molecular complexity index is 252. The average molecular weight is 355 g/mol. The van der Waals surface area contributed by atoms with Crippen molar-refractivity contribution < 1.29 is 9.47 Å². The Balaban J connectivity index is 3.08. The van der Waals surface area contributed by atoms with Crippen molar-refractivity contribution in [2.45, 2.75) is 123 Å². The van der Waals surface area contributed by atoms with Crippen LogP contribution < -0.4 is 0 Å². The fraction of sp³-hybridized carbons (Fsp3) is 0.913. The first-order valence-electron chi connectivity index (χ1n) is 11.2. The van der Waals surface area contributed by atoms with Crippen LogP contribution in [-0.2, 0) is 9.47 Å². The van der Waals surface area contributed by atoms with Crippen molar-refractivity contribution in [3.05, 3.63) is 12.7 Å². The second-order valence-corrected chi connectivity index (χ2v) is 7.23. The Morgan fingerprint density at radius 1 is 0.600 bits per heavy atom. The van der Waals surface area contributed by atoms with Crippen molar-refractivity contribution in [1.82, 2.24) is 0 Å². The van der Waals surface area contributed by atoms with Crippen molar-refractivity contribution in [3.63, 3.8) is 0 Å². The van der Waals surface area contributed by atoms with Gasteiger partial charge >= 0.3 is 0 Å². The van der Waals surface area contributed by atoms with Gasteiger partial charge in [0.1, 0.15) is 0 Å². The zero-order valence-electron chi connectivity index (χ0n) is 17.4. The SMILES string of the molecule is C=CC(OCC)OCCCCCCCCCCCCCCCCCC. The molecule has 0 spiro atoms. The standard InChI is InChI=1S/C23H46O2/c1-4-7-8-9-10-11-12-13-14-15-16-17-18-19-20-21-22-25-23(5-2)24-6-3/h5,23H,2,4,6-22H2,1,3H3. The highest BCUT2D eigenvalue weighted by molar-refractivity contribution is 4.71. The van der Waals surface area contributed by atoms with Gasteiger partial charge in [-0.2, -0.15) is 0 Å². The molecule has 0 aliphatic heterocycles. The maximum Gasteiger partial charge on any atom is 0.176 e. The van der Waals surface area contributed by atoms with E-state index in [4.69, 9.17) is 9.47 Å². The first-order valence-corrected chi connectivity index (χ1v) is 11.2. The highest BCUT2D eigenvalue weighted by Gasteiger charge is 2.01. The molecule has 0 fully saturated rings. The molecule has 1 unspecified atom stereocenters. The van der Waals surface area contributed by atoms with Gasteiger partial charge in [0.05, 0.1) is 6.61 Å². The number of ether oxygens (including phenoxy) is 2. The molecule has 0 saturated heterocycles. The normalized spacial score (nSPS) is 12.4. The van der Waals surface area contributed by atoms with Crippen LogP contribution in [-0.4, -0.2) is 19.5 Å². The second-order valence-electron chi connectivity index (χ2n) is 7.23. The summed E-state index contributed by atoms with van der Waals surface area (Å²) in [6.45, 7) is 9.46. The van der Waals surface area contributed by atoms with Gasteiger partial charge in [0.15, 0.2) is 6.29 Å². The molecule has 0 rings (SSSR count). The first-order chi connectivity index (χ1) is 12.3. The van der Waals surface area contributed by atoms with E-state index in [9.17, 15) is 0 Å². The fourth-order valence-corrected chi connectivity index (χ4v) is 3.20. The summed E-state index contributed by atoms with van der Waals surface area (Å²) in [6.07, 6.45) is 23.9. The van der Waals surface area contributed by atoms with Gasteiger partial charge in [0, 0.05) is 6.61 Å². The number of hydrogen-bond donors (Lipinski definition) is 0. The van der Waals surface area contributed by atoms with Gasteiger partial charge in [0.25, 0.3) is 0 Å². The molecular formula is C23H46O2. The molecule has 0 aromatic carbocycles. The molecule has 0 heterocycles. The largest absolute Gasteiger partial charge is 0.349 e. The van der Waals surface area contributed by atoms with Crippen molar-refractivity contribution >= 4 is 0 Å². The second kappa shape index (κ2) is 21.7. The van der Waals surface area contributed by atoms with E-state index >= 15 is 0 Å². The Morgan fingerprint density at radius 3 is 1.36 bits per heavy atom. The molecule has 1 atom stereocenters. The van der Waals surface area contributed by atoms with Gasteiger partial charge in [0.2, 0.25) is 0 Å². The van der Waals surface area contributed by atoms with E-state index in [1.165, 1.54) is 96.3 Å². The molecule has 0 bridgehead atoms. The fourth-order valence-electron chi connectivity index (χ4n) is 3.20. The lowest BCUT2D eigenvalue weighted by molar-refractivity contribution is -0.108. The van der Waals surface area contributed by atoms with Crippen LogP contribution in [0.3, 0.4) is 0 Å². The quantitative estimate of drug-likeness (QED) is 0.119. The molecule has 0 N–H and O–H groups in total. The smallest absolute Gasteiger partial charge is 0.176 e. The van der Waals surface area contributed by atoms with E-state index in [-0.39, 0.29) is 6.29 Å². The minimum absolute atomic E-state index is 0.221. The van der Waals surface area contributed by atoms with Gasteiger partial charge in [-0.05, 0) is 19.4 Å². The van der Waals surface area contributed by atoms with E-state index in [0.717, 1.165) is 13.0 Å². The summed E-state index contributed by atoms with van der Waals surface area (Å²) in [5.74, 6) is 0. The summed E-state index contributed by atoms with van der Waals surface area (Å²) in [6, 6.07) is 0. The summed E-state index contributed by atoms with van der Waals surface area (Å²) in [5.41, 5.74) is 0.